The van der Waals surface area contributed by atoms with Crippen LogP contribution in [0.5, 0.6) is 0 Å². The highest BCUT2D eigenvalue weighted by Crippen LogP contribution is 2.27. The highest BCUT2D eigenvalue weighted by Gasteiger charge is 2.44. The summed E-state index contributed by atoms with van der Waals surface area (Å²) in [4.78, 5) is 51.3. The van der Waals surface area contributed by atoms with Crippen LogP contribution in [0.3, 0.4) is 0 Å². The zero-order valence-electron chi connectivity index (χ0n) is 19.8. The fourth-order valence-corrected chi connectivity index (χ4v) is 4.54. The SMILES string of the molecule is O=C(O)CNC(=O)C1C(=O)CC(CCc2ccccc2)N(Cc2ccc(-c3ccccc3)cc2)C1=O. The number of carboxylic acids is 1. The van der Waals surface area contributed by atoms with Crippen molar-refractivity contribution in [1.29, 1.82) is 0 Å². The second-order valence-corrected chi connectivity index (χ2v) is 8.92. The lowest BCUT2D eigenvalue weighted by atomic mass is 9.86. The molecule has 3 aromatic carbocycles. The number of carboxylic acid groups (broad SMARTS) is 1. The maximum absolute atomic E-state index is 13.4. The van der Waals surface area contributed by atoms with Crippen LogP contribution < -0.4 is 5.32 Å². The van der Waals surface area contributed by atoms with E-state index in [-0.39, 0.29) is 19.0 Å². The molecule has 1 aliphatic rings. The van der Waals surface area contributed by atoms with Crippen molar-refractivity contribution < 1.29 is 24.3 Å². The molecule has 184 valence electrons. The number of amides is 2. The molecule has 3 aromatic rings. The molecule has 7 heteroatoms. The van der Waals surface area contributed by atoms with E-state index in [0.717, 1.165) is 22.3 Å². The largest absolute Gasteiger partial charge is 0.480 e. The number of piperidine rings is 1. The van der Waals surface area contributed by atoms with Crippen molar-refractivity contribution in [3.05, 3.63) is 96.1 Å². The molecular formula is C29H28N2O5. The second-order valence-electron chi connectivity index (χ2n) is 8.92. The summed E-state index contributed by atoms with van der Waals surface area (Å²) in [5.74, 6) is -4.69. The zero-order valence-corrected chi connectivity index (χ0v) is 19.8. The fraction of sp³-hybridized carbons (Fsp3) is 0.241. The monoisotopic (exact) mass is 484 g/mol. The number of aryl methyl sites for hydroxylation is 1. The molecular weight excluding hydrogens is 456 g/mol. The molecule has 4 rings (SSSR count). The smallest absolute Gasteiger partial charge is 0.322 e. The van der Waals surface area contributed by atoms with E-state index >= 15 is 0 Å². The molecule has 0 bridgehead atoms. The fourth-order valence-electron chi connectivity index (χ4n) is 4.54. The van der Waals surface area contributed by atoms with Crippen LogP contribution in [-0.2, 0) is 32.1 Å². The van der Waals surface area contributed by atoms with Gasteiger partial charge in [-0.15, -0.1) is 0 Å². The Labute approximate surface area is 209 Å². The van der Waals surface area contributed by atoms with Crippen LogP contribution in [0.1, 0.15) is 24.0 Å². The number of ketones is 1. The molecule has 0 saturated carbocycles. The van der Waals surface area contributed by atoms with Crippen LogP contribution in [0.4, 0.5) is 0 Å². The highest BCUT2D eigenvalue weighted by atomic mass is 16.4. The van der Waals surface area contributed by atoms with Gasteiger partial charge in [0, 0.05) is 19.0 Å². The molecule has 1 fully saturated rings. The number of benzene rings is 3. The Balaban J connectivity index is 1.54. The maximum Gasteiger partial charge on any atom is 0.322 e. The van der Waals surface area contributed by atoms with Gasteiger partial charge in [0.25, 0.3) is 0 Å². The third-order valence-corrected chi connectivity index (χ3v) is 6.43. The number of likely N-dealkylation sites (tertiary alicyclic amines) is 1. The number of nitrogens with zero attached hydrogens (tertiary/aromatic N) is 1. The van der Waals surface area contributed by atoms with E-state index in [4.69, 9.17) is 5.11 Å². The molecule has 2 N–H and O–H groups in total. The summed E-state index contributed by atoms with van der Waals surface area (Å²) in [6.07, 6.45) is 1.31. The molecule has 0 radical (unpaired) electrons. The molecule has 7 nitrogen and oxygen atoms in total. The topological polar surface area (TPSA) is 104 Å². The number of Topliss-reactive ketones (excluding diaryl/α,β-unsaturated/α-hetero) is 1. The number of carbonyl (C=O) groups excluding carboxylic acids is 3. The van der Waals surface area contributed by atoms with Crippen LogP contribution in [0.15, 0.2) is 84.9 Å². The van der Waals surface area contributed by atoms with E-state index in [2.05, 4.69) is 5.32 Å². The number of carbonyl (C=O) groups is 4. The van der Waals surface area contributed by atoms with E-state index in [9.17, 15) is 19.2 Å². The van der Waals surface area contributed by atoms with Gasteiger partial charge in [0.1, 0.15) is 6.54 Å². The van der Waals surface area contributed by atoms with Crippen molar-refractivity contribution in [3.63, 3.8) is 0 Å². The predicted molar refractivity (Wildman–Crippen MR) is 135 cm³/mol. The molecule has 0 aliphatic carbocycles. The third-order valence-electron chi connectivity index (χ3n) is 6.43. The van der Waals surface area contributed by atoms with Crippen molar-refractivity contribution in [2.75, 3.05) is 6.54 Å². The van der Waals surface area contributed by atoms with Gasteiger partial charge >= 0.3 is 5.97 Å². The molecule has 0 spiro atoms. The van der Waals surface area contributed by atoms with Gasteiger partial charge in [-0.2, -0.15) is 0 Å². The van der Waals surface area contributed by atoms with Gasteiger partial charge in [0.2, 0.25) is 11.8 Å². The molecule has 1 saturated heterocycles. The quantitative estimate of drug-likeness (QED) is 0.453. The lowest BCUT2D eigenvalue weighted by Crippen LogP contribution is -2.56. The van der Waals surface area contributed by atoms with Crippen molar-refractivity contribution in [2.24, 2.45) is 5.92 Å². The molecule has 0 aromatic heterocycles. The normalized spacial score (nSPS) is 17.6. The summed E-state index contributed by atoms with van der Waals surface area (Å²) in [5.41, 5.74) is 4.11. The van der Waals surface area contributed by atoms with E-state index in [1.807, 2.05) is 84.9 Å². The molecule has 2 amide bonds. The minimum atomic E-state index is -1.53. The van der Waals surface area contributed by atoms with E-state index in [0.29, 0.717) is 12.8 Å². The van der Waals surface area contributed by atoms with Crippen LogP contribution in [0, 0.1) is 5.92 Å². The summed E-state index contributed by atoms with van der Waals surface area (Å²) in [5, 5.41) is 11.1. The highest BCUT2D eigenvalue weighted by molar-refractivity contribution is 6.19. The Morgan fingerprint density at radius 1 is 0.833 bits per heavy atom. The first-order chi connectivity index (χ1) is 17.4. The van der Waals surface area contributed by atoms with Crippen LogP contribution >= 0.6 is 0 Å². The average Bonchev–Trinajstić information content (AvgIpc) is 2.89. The average molecular weight is 485 g/mol. The van der Waals surface area contributed by atoms with Crippen molar-refractivity contribution in [3.8, 4) is 11.1 Å². The Kier molecular flexibility index (Phi) is 7.90. The first kappa shape index (κ1) is 24.9. The van der Waals surface area contributed by atoms with Crippen LogP contribution in [0.25, 0.3) is 11.1 Å². The van der Waals surface area contributed by atoms with Gasteiger partial charge in [-0.25, -0.2) is 0 Å². The van der Waals surface area contributed by atoms with E-state index in [1.165, 1.54) is 0 Å². The lowest BCUT2D eigenvalue weighted by molar-refractivity contribution is -0.155. The summed E-state index contributed by atoms with van der Waals surface area (Å²) >= 11 is 0. The minimum Gasteiger partial charge on any atom is -0.480 e. The number of aliphatic carboxylic acids is 1. The zero-order chi connectivity index (χ0) is 25.5. The van der Waals surface area contributed by atoms with Crippen LogP contribution in [0.2, 0.25) is 0 Å². The molecule has 36 heavy (non-hydrogen) atoms. The molecule has 2 atom stereocenters. The number of hydrogen-bond donors (Lipinski definition) is 2. The third kappa shape index (κ3) is 6.05. The van der Waals surface area contributed by atoms with Gasteiger partial charge in [0.15, 0.2) is 11.7 Å². The first-order valence-corrected chi connectivity index (χ1v) is 11.9. The Morgan fingerprint density at radius 2 is 1.44 bits per heavy atom. The van der Waals surface area contributed by atoms with Gasteiger partial charge in [0.05, 0.1) is 0 Å². The van der Waals surface area contributed by atoms with Gasteiger partial charge in [-0.05, 0) is 35.1 Å². The lowest BCUT2D eigenvalue weighted by Gasteiger charge is -2.38. The number of hydrogen-bond acceptors (Lipinski definition) is 4. The standard InChI is InChI=1S/C29H28N2O5/c32-25-17-24(16-13-20-7-3-1-4-8-20)31(29(36)27(25)28(35)30-18-26(33)34)19-21-11-14-23(15-12-21)22-9-5-2-6-10-22/h1-12,14-15,24,27H,13,16-19H2,(H,30,35)(H,33,34). The van der Waals surface area contributed by atoms with Crippen molar-refractivity contribution in [2.45, 2.75) is 31.8 Å². The molecule has 1 aliphatic heterocycles. The second kappa shape index (κ2) is 11.4. The van der Waals surface area contributed by atoms with Gasteiger partial charge in [-0.3, -0.25) is 19.2 Å². The Bertz CT molecular complexity index is 1230. The van der Waals surface area contributed by atoms with Gasteiger partial charge < -0.3 is 15.3 Å². The number of nitrogens with one attached hydrogen (secondary N) is 1. The van der Waals surface area contributed by atoms with Crippen LogP contribution in [-0.4, -0.2) is 46.2 Å². The summed E-state index contributed by atoms with van der Waals surface area (Å²) < 4.78 is 0. The summed E-state index contributed by atoms with van der Waals surface area (Å²) in [7, 11) is 0. The molecule has 2 unspecified atom stereocenters. The molecule has 1 heterocycles. The Morgan fingerprint density at radius 3 is 2.08 bits per heavy atom. The van der Waals surface area contributed by atoms with E-state index < -0.39 is 36.0 Å². The van der Waals surface area contributed by atoms with Crippen molar-refractivity contribution in [1.82, 2.24) is 10.2 Å². The predicted octanol–water partition coefficient (Wildman–Crippen LogP) is 3.47. The first-order valence-electron chi connectivity index (χ1n) is 11.9. The van der Waals surface area contributed by atoms with Crippen molar-refractivity contribution >= 4 is 23.6 Å². The summed E-state index contributed by atoms with van der Waals surface area (Å²) in [6.45, 7) is -0.391. The summed E-state index contributed by atoms with van der Waals surface area (Å²) in [6, 6.07) is 27.3. The minimum absolute atomic E-state index is 0.0475. The maximum atomic E-state index is 13.4. The number of rotatable bonds is 9. The Hall–Kier alpha value is -4.26. The van der Waals surface area contributed by atoms with Gasteiger partial charge in [-0.1, -0.05) is 84.9 Å². The van der Waals surface area contributed by atoms with E-state index in [1.54, 1.807) is 4.90 Å².